The zero-order chi connectivity index (χ0) is 13.4. The largest absolute Gasteiger partial charge is 0.280 e. The Bertz CT molecular complexity index is 739. The van der Waals surface area contributed by atoms with Gasteiger partial charge in [-0.25, -0.2) is 23.3 Å². The first-order chi connectivity index (χ1) is 9.15. The van der Waals surface area contributed by atoms with Crippen LogP contribution in [0.2, 0.25) is 0 Å². The molecule has 0 bridgehead atoms. The van der Waals surface area contributed by atoms with Crippen molar-refractivity contribution in [2.24, 2.45) is 0 Å². The highest BCUT2D eigenvalue weighted by atomic mass is 19.3. The molecule has 96 valence electrons. The topological polar surface area (TPSA) is 43.1 Å². The van der Waals surface area contributed by atoms with E-state index in [0.29, 0.717) is 11.1 Å². The maximum Gasteiger partial charge on any atom is 0.280 e. The van der Waals surface area contributed by atoms with E-state index in [1.54, 1.807) is 6.07 Å². The maximum absolute atomic E-state index is 13.1. The van der Waals surface area contributed by atoms with E-state index in [1.807, 2.05) is 0 Å². The highest BCUT2D eigenvalue weighted by Gasteiger charge is 2.13. The third-order valence-electron chi connectivity index (χ3n) is 2.65. The Labute approximate surface area is 105 Å². The van der Waals surface area contributed by atoms with Crippen molar-refractivity contribution in [2.45, 2.75) is 6.43 Å². The van der Waals surface area contributed by atoms with Gasteiger partial charge < -0.3 is 0 Å². The van der Waals surface area contributed by atoms with E-state index in [1.165, 1.54) is 35.2 Å². The zero-order valence-corrected chi connectivity index (χ0v) is 9.46. The Kier molecular flexibility index (Phi) is 2.66. The van der Waals surface area contributed by atoms with Gasteiger partial charge in [0.1, 0.15) is 5.69 Å². The number of pyridine rings is 1. The first-order valence-corrected chi connectivity index (χ1v) is 5.39. The van der Waals surface area contributed by atoms with Crippen LogP contribution in [0, 0.1) is 5.95 Å². The minimum absolute atomic E-state index is 0.253. The van der Waals surface area contributed by atoms with Crippen LogP contribution < -0.4 is 0 Å². The lowest BCUT2D eigenvalue weighted by molar-refractivity contribution is 0.146. The standard InChI is InChI=1S/C12H7F3N4/c13-10-5-7(1-3-16-10)8-6-17-19-4-2-9(11(14)15)18-12(8)19/h1-6,11H. The summed E-state index contributed by atoms with van der Waals surface area (Å²) >= 11 is 0. The minimum atomic E-state index is -2.66. The summed E-state index contributed by atoms with van der Waals surface area (Å²) in [4.78, 5) is 7.29. The molecule has 0 saturated heterocycles. The van der Waals surface area contributed by atoms with Gasteiger partial charge in [0.25, 0.3) is 6.43 Å². The van der Waals surface area contributed by atoms with Crippen LogP contribution in [0.3, 0.4) is 0 Å². The van der Waals surface area contributed by atoms with Gasteiger partial charge in [0, 0.05) is 24.0 Å². The smallest absolute Gasteiger partial charge is 0.228 e. The second-order valence-electron chi connectivity index (χ2n) is 3.85. The summed E-state index contributed by atoms with van der Waals surface area (Å²) in [6.07, 6.45) is 1.48. The van der Waals surface area contributed by atoms with E-state index in [0.717, 1.165) is 0 Å². The average Bonchev–Trinajstić information content (AvgIpc) is 2.81. The zero-order valence-electron chi connectivity index (χ0n) is 9.46. The molecule has 0 aliphatic carbocycles. The average molecular weight is 264 g/mol. The van der Waals surface area contributed by atoms with E-state index in [-0.39, 0.29) is 11.3 Å². The van der Waals surface area contributed by atoms with E-state index >= 15 is 0 Å². The van der Waals surface area contributed by atoms with Gasteiger partial charge in [0.2, 0.25) is 5.95 Å². The van der Waals surface area contributed by atoms with Crippen LogP contribution in [0.25, 0.3) is 16.8 Å². The van der Waals surface area contributed by atoms with Crippen LogP contribution in [0.5, 0.6) is 0 Å². The molecule has 7 heteroatoms. The second kappa shape index (κ2) is 4.34. The molecule has 0 atom stereocenters. The molecule has 3 aromatic rings. The van der Waals surface area contributed by atoms with Crippen LogP contribution in [0.1, 0.15) is 12.1 Å². The predicted octanol–water partition coefficient (Wildman–Crippen LogP) is 2.87. The lowest BCUT2D eigenvalue weighted by Crippen LogP contribution is -1.96. The maximum atomic E-state index is 13.1. The van der Waals surface area contributed by atoms with Gasteiger partial charge in [-0.2, -0.15) is 9.49 Å². The molecule has 0 spiro atoms. The van der Waals surface area contributed by atoms with E-state index in [2.05, 4.69) is 15.1 Å². The molecule has 0 aliphatic heterocycles. The first-order valence-electron chi connectivity index (χ1n) is 5.39. The van der Waals surface area contributed by atoms with Crippen LogP contribution in [-0.4, -0.2) is 19.6 Å². The van der Waals surface area contributed by atoms with Gasteiger partial charge in [-0.15, -0.1) is 0 Å². The van der Waals surface area contributed by atoms with Crippen molar-refractivity contribution in [2.75, 3.05) is 0 Å². The van der Waals surface area contributed by atoms with Crippen molar-refractivity contribution >= 4 is 5.65 Å². The van der Waals surface area contributed by atoms with Crippen molar-refractivity contribution in [1.29, 1.82) is 0 Å². The number of fused-ring (bicyclic) bond motifs is 1. The molecule has 0 N–H and O–H groups in total. The quantitative estimate of drug-likeness (QED) is 0.668. The third kappa shape index (κ3) is 2.03. The summed E-state index contributed by atoms with van der Waals surface area (Å²) in [6, 6.07) is 3.96. The summed E-state index contributed by atoms with van der Waals surface area (Å²) in [5.41, 5.74) is 0.873. The van der Waals surface area contributed by atoms with Crippen molar-refractivity contribution in [3.8, 4) is 11.1 Å². The Balaban J connectivity index is 2.21. The first kappa shape index (κ1) is 11.6. The summed E-state index contributed by atoms with van der Waals surface area (Å²) in [7, 11) is 0. The van der Waals surface area contributed by atoms with Gasteiger partial charge in [-0.3, -0.25) is 0 Å². The van der Waals surface area contributed by atoms with Gasteiger partial charge in [0.15, 0.2) is 5.65 Å². The number of rotatable bonds is 2. The van der Waals surface area contributed by atoms with Crippen LogP contribution in [-0.2, 0) is 0 Å². The second-order valence-corrected chi connectivity index (χ2v) is 3.85. The molecule has 19 heavy (non-hydrogen) atoms. The molecule has 0 radical (unpaired) electrons. The van der Waals surface area contributed by atoms with Crippen LogP contribution in [0.4, 0.5) is 13.2 Å². The normalized spacial score (nSPS) is 11.4. The van der Waals surface area contributed by atoms with Gasteiger partial charge in [-0.05, 0) is 17.7 Å². The van der Waals surface area contributed by atoms with Gasteiger partial charge in [-0.1, -0.05) is 0 Å². The SMILES string of the molecule is Fc1cc(-c2cnn3ccc(C(F)F)nc23)ccn1. The molecular formula is C12H7F3N4. The van der Waals surface area contributed by atoms with Crippen molar-refractivity contribution in [3.63, 3.8) is 0 Å². The Hall–Kier alpha value is -2.44. The van der Waals surface area contributed by atoms with Crippen LogP contribution in [0.15, 0.2) is 36.8 Å². The number of alkyl halides is 2. The molecule has 0 amide bonds. The van der Waals surface area contributed by atoms with Crippen molar-refractivity contribution in [3.05, 3.63) is 48.4 Å². The molecule has 0 aromatic carbocycles. The summed E-state index contributed by atoms with van der Waals surface area (Å²) in [5, 5.41) is 3.99. The highest BCUT2D eigenvalue weighted by Crippen LogP contribution is 2.25. The summed E-state index contributed by atoms with van der Waals surface area (Å²) < 4.78 is 39.7. The Morgan fingerprint density at radius 3 is 2.79 bits per heavy atom. The van der Waals surface area contributed by atoms with E-state index in [9.17, 15) is 13.2 Å². The Morgan fingerprint density at radius 2 is 2.05 bits per heavy atom. The number of aromatic nitrogens is 4. The molecule has 3 heterocycles. The fourth-order valence-corrected chi connectivity index (χ4v) is 1.78. The summed E-state index contributed by atoms with van der Waals surface area (Å²) in [6.45, 7) is 0. The molecule has 0 fully saturated rings. The highest BCUT2D eigenvalue weighted by molar-refractivity contribution is 5.76. The molecule has 4 nitrogen and oxygen atoms in total. The molecule has 0 unspecified atom stereocenters. The lowest BCUT2D eigenvalue weighted by atomic mass is 10.1. The van der Waals surface area contributed by atoms with Crippen molar-refractivity contribution < 1.29 is 13.2 Å². The molecule has 3 rings (SSSR count). The number of hydrogen-bond acceptors (Lipinski definition) is 3. The molecule has 0 saturated carbocycles. The number of halogens is 3. The molecule has 0 aliphatic rings. The van der Waals surface area contributed by atoms with Crippen molar-refractivity contribution in [1.82, 2.24) is 19.6 Å². The minimum Gasteiger partial charge on any atom is -0.228 e. The monoisotopic (exact) mass is 264 g/mol. The fourth-order valence-electron chi connectivity index (χ4n) is 1.78. The number of nitrogens with zero attached hydrogens (tertiary/aromatic N) is 4. The third-order valence-corrected chi connectivity index (χ3v) is 2.65. The Morgan fingerprint density at radius 1 is 1.21 bits per heavy atom. The predicted molar refractivity (Wildman–Crippen MR) is 61.1 cm³/mol. The van der Waals surface area contributed by atoms with E-state index in [4.69, 9.17) is 0 Å². The van der Waals surface area contributed by atoms with Crippen LogP contribution >= 0.6 is 0 Å². The summed E-state index contributed by atoms with van der Waals surface area (Å²) in [5.74, 6) is -0.651. The van der Waals surface area contributed by atoms with E-state index < -0.39 is 12.4 Å². The lowest BCUT2D eigenvalue weighted by Gasteiger charge is -2.01. The molecule has 3 aromatic heterocycles. The van der Waals surface area contributed by atoms with Gasteiger partial charge in [0.05, 0.1) is 6.20 Å². The van der Waals surface area contributed by atoms with Gasteiger partial charge >= 0.3 is 0 Å². The molecular weight excluding hydrogens is 257 g/mol. The number of hydrogen-bond donors (Lipinski definition) is 0. The fraction of sp³-hybridized carbons (Fsp3) is 0.0833.